The summed E-state index contributed by atoms with van der Waals surface area (Å²) in [6, 6.07) is 9.77. The summed E-state index contributed by atoms with van der Waals surface area (Å²) in [5, 5.41) is 7.32. The molecule has 1 aromatic rings. The number of esters is 5. The third-order valence-electron chi connectivity index (χ3n) is 8.39. The van der Waals surface area contributed by atoms with E-state index in [1.54, 1.807) is 38.1 Å². The molecular weight excluding hydrogens is 650 g/mol. The molecule has 0 aromatic heterocycles. The molecule has 0 saturated heterocycles. The largest absolute Gasteiger partial charge is 0.458 e. The number of allylic oxidation sites excluding steroid dienone is 2. The Morgan fingerprint density at radius 1 is 0.800 bits per heavy atom. The van der Waals surface area contributed by atoms with Gasteiger partial charge in [0.25, 0.3) is 0 Å². The summed E-state index contributed by atoms with van der Waals surface area (Å²) >= 11 is 0. The predicted octanol–water partition coefficient (Wildman–Crippen LogP) is 4.42. The zero-order valence-corrected chi connectivity index (χ0v) is 29.8. The van der Waals surface area contributed by atoms with Gasteiger partial charge in [0.1, 0.15) is 12.2 Å². The Hall–Kier alpha value is -5.12. The Bertz CT molecular complexity index is 1570. The smallest absolute Gasteiger partial charge is 0.338 e. The standard InChI is InChI=1S/C35H42O12.C2H3N/c1-18-15-16-34(8,9)32(41)30(45-23(6)38)29(44-22(5)37)20(3)28(43-21(4)36)26-27(46-33(42)25-13-11-10-12-14-25)19(2)17-35(26,31(18)40)47-24(7)39;1-2-3/h10-16,18-19,26-30H,3,17H2,1-2,4-9H3;1H3/b16-15+;/t18-,19-,26+,27-,28-,29-,30+,35+;/m0./s1. The van der Waals surface area contributed by atoms with Crippen molar-refractivity contribution in [1.29, 1.82) is 5.26 Å². The van der Waals surface area contributed by atoms with E-state index in [9.17, 15) is 33.6 Å². The van der Waals surface area contributed by atoms with Crippen LogP contribution in [0.4, 0.5) is 0 Å². The molecule has 0 spiro atoms. The average Bonchev–Trinajstić information content (AvgIpc) is 3.29. The van der Waals surface area contributed by atoms with E-state index in [0.717, 1.165) is 27.7 Å². The van der Waals surface area contributed by atoms with Gasteiger partial charge in [-0.25, -0.2) is 4.79 Å². The van der Waals surface area contributed by atoms with Crippen molar-refractivity contribution >= 4 is 41.4 Å². The lowest BCUT2D eigenvalue weighted by Gasteiger charge is -2.42. The summed E-state index contributed by atoms with van der Waals surface area (Å²) in [5.41, 5.74) is -3.55. The van der Waals surface area contributed by atoms with E-state index < -0.39 is 94.6 Å². The Morgan fingerprint density at radius 3 is 1.80 bits per heavy atom. The molecule has 0 unspecified atom stereocenters. The van der Waals surface area contributed by atoms with Crippen LogP contribution in [-0.2, 0) is 52.5 Å². The monoisotopic (exact) mass is 695 g/mol. The molecular formula is C37H45NO12. The minimum atomic E-state index is -2.06. The lowest BCUT2D eigenvalue weighted by atomic mass is 9.72. The van der Waals surface area contributed by atoms with Gasteiger partial charge in [0.05, 0.1) is 17.6 Å². The molecule has 50 heavy (non-hydrogen) atoms. The second-order valence-corrected chi connectivity index (χ2v) is 12.9. The van der Waals surface area contributed by atoms with E-state index in [1.165, 1.54) is 45.1 Å². The molecule has 1 aromatic carbocycles. The second-order valence-electron chi connectivity index (χ2n) is 12.9. The van der Waals surface area contributed by atoms with Crippen LogP contribution in [0.3, 0.4) is 0 Å². The average molecular weight is 696 g/mol. The highest BCUT2D eigenvalue weighted by Crippen LogP contribution is 2.51. The highest BCUT2D eigenvalue weighted by molar-refractivity contribution is 5.96. The van der Waals surface area contributed by atoms with Gasteiger partial charge in [-0.05, 0) is 31.9 Å². The van der Waals surface area contributed by atoms with Gasteiger partial charge < -0.3 is 23.7 Å². The molecule has 1 saturated carbocycles. The van der Waals surface area contributed by atoms with Gasteiger partial charge in [0, 0.05) is 57.9 Å². The minimum absolute atomic E-state index is 0.153. The van der Waals surface area contributed by atoms with Crippen LogP contribution in [0, 0.1) is 34.5 Å². The van der Waals surface area contributed by atoms with Crippen LogP contribution in [0.15, 0.2) is 54.6 Å². The lowest BCUT2D eigenvalue weighted by molar-refractivity contribution is -0.184. The van der Waals surface area contributed by atoms with Crippen LogP contribution in [-0.4, -0.2) is 71.4 Å². The fraction of sp³-hybridized carbons (Fsp3) is 0.514. The van der Waals surface area contributed by atoms with E-state index >= 15 is 0 Å². The zero-order valence-electron chi connectivity index (χ0n) is 29.8. The first kappa shape index (κ1) is 41.1. The minimum Gasteiger partial charge on any atom is -0.458 e. The van der Waals surface area contributed by atoms with Gasteiger partial charge in [-0.3, -0.25) is 28.8 Å². The molecule has 13 heteroatoms. The first-order valence-electron chi connectivity index (χ1n) is 16.0. The Morgan fingerprint density at radius 2 is 1.30 bits per heavy atom. The van der Waals surface area contributed by atoms with Crippen molar-refractivity contribution in [3.05, 3.63) is 60.2 Å². The van der Waals surface area contributed by atoms with Crippen molar-refractivity contribution < 1.29 is 57.2 Å². The third-order valence-corrected chi connectivity index (χ3v) is 8.39. The summed E-state index contributed by atoms with van der Waals surface area (Å²) < 4.78 is 28.8. The number of hydrogen-bond acceptors (Lipinski definition) is 13. The molecule has 8 atom stereocenters. The topological polar surface area (TPSA) is 189 Å². The predicted molar refractivity (Wildman–Crippen MR) is 177 cm³/mol. The quantitative estimate of drug-likeness (QED) is 0.231. The van der Waals surface area contributed by atoms with Crippen LogP contribution in [0.1, 0.15) is 79.1 Å². The molecule has 1 fully saturated rings. The molecule has 270 valence electrons. The Labute approximate surface area is 291 Å². The number of carbonyl (C=O) groups is 7. The summed E-state index contributed by atoms with van der Waals surface area (Å²) in [7, 11) is 0. The maximum atomic E-state index is 14.6. The number of fused-ring (bicyclic) bond motifs is 1. The molecule has 0 amide bonds. The van der Waals surface area contributed by atoms with Crippen molar-refractivity contribution in [1.82, 2.24) is 0 Å². The number of ketones is 2. The molecule has 0 N–H and O–H groups in total. The number of nitriles is 1. The SMILES string of the molecule is C=C1[C@H](OC(C)=O)[C@H]2[C@@H](OC(=O)c3ccccc3)[C@@H](C)C[C@]2(OC(C)=O)C(=O)[C@@H](C)/C=C/C(C)(C)C(=O)[C@H](OC(C)=O)[C@H]1OC(C)=O.CC#N. The molecule has 13 nitrogen and oxygen atoms in total. The van der Waals surface area contributed by atoms with Gasteiger partial charge in [0.2, 0.25) is 6.10 Å². The second kappa shape index (κ2) is 17.0. The zero-order chi connectivity index (χ0) is 38.1. The van der Waals surface area contributed by atoms with Crippen molar-refractivity contribution in [2.45, 2.75) is 98.8 Å². The Kier molecular flexibility index (Phi) is 14.0. The normalized spacial score (nSPS) is 29.5. The van der Waals surface area contributed by atoms with E-state index in [2.05, 4.69) is 6.58 Å². The van der Waals surface area contributed by atoms with E-state index in [0.29, 0.717) is 0 Å². The molecule has 3 rings (SSSR count). The Balaban J connectivity index is 0.00000278. The van der Waals surface area contributed by atoms with Crippen molar-refractivity contribution in [3.63, 3.8) is 0 Å². The summed E-state index contributed by atoms with van der Waals surface area (Å²) in [6.07, 6.45) is -3.69. The molecule has 0 bridgehead atoms. The molecule has 0 radical (unpaired) electrons. The summed E-state index contributed by atoms with van der Waals surface area (Å²) in [5.74, 6) is -8.71. The fourth-order valence-corrected chi connectivity index (χ4v) is 6.37. The van der Waals surface area contributed by atoms with Gasteiger partial charge in [-0.15, -0.1) is 0 Å². The molecule has 2 aliphatic rings. The third kappa shape index (κ3) is 9.52. The van der Waals surface area contributed by atoms with Crippen molar-refractivity contribution in [2.24, 2.45) is 23.2 Å². The number of carbonyl (C=O) groups excluding carboxylic acids is 7. The fourth-order valence-electron chi connectivity index (χ4n) is 6.37. The first-order valence-corrected chi connectivity index (χ1v) is 16.0. The molecule has 0 aliphatic heterocycles. The highest BCUT2D eigenvalue weighted by atomic mass is 16.6. The van der Waals surface area contributed by atoms with Gasteiger partial charge >= 0.3 is 29.8 Å². The summed E-state index contributed by atoms with van der Waals surface area (Å²) in [4.78, 5) is 92.4. The van der Waals surface area contributed by atoms with E-state index in [-0.39, 0.29) is 17.6 Å². The maximum Gasteiger partial charge on any atom is 0.338 e. The number of benzene rings is 1. The van der Waals surface area contributed by atoms with E-state index in [1.807, 2.05) is 0 Å². The van der Waals surface area contributed by atoms with Crippen LogP contribution in [0.25, 0.3) is 0 Å². The number of ether oxygens (including phenoxy) is 5. The lowest BCUT2D eigenvalue weighted by Crippen LogP contribution is -2.58. The van der Waals surface area contributed by atoms with Gasteiger partial charge in [0.15, 0.2) is 23.3 Å². The first-order chi connectivity index (χ1) is 23.2. The van der Waals surface area contributed by atoms with Crippen LogP contribution in [0.5, 0.6) is 0 Å². The number of Topliss-reactive ketones (excluding diaryl/α,β-unsaturated/α-hetero) is 2. The van der Waals surface area contributed by atoms with Gasteiger partial charge in [-0.2, -0.15) is 5.26 Å². The molecule has 2 aliphatic carbocycles. The van der Waals surface area contributed by atoms with Crippen molar-refractivity contribution in [3.8, 4) is 6.07 Å². The van der Waals surface area contributed by atoms with Crippen LogP contribution >= 0.6 is 0 Å². The number of rotatable bonds is 6. The molecule has 0 heterocycles. The number of hydrogen-bond donors (Lipinski definition) is 0. The van der Waals surface area contributed by atoms with Crippen LogP contribution in [0.2, 0.25) is 0 Å². The number of nitrogens with zero attached hydrogens (tertiary/aromatic N) is 1. The summed E-state index contributed by atoms with van der Waals surface area (Å²) in [6.45, 7) is 16.0. The van der Waals surface area contributed by atoms with Crippen molar-refractivity contribution in [2.75, 3.05) is 0 Å². The maximum absolute atomic E-state index is 14.6. The highest BCUT2D eigenvalue weighted by Gasteiger charge is 2.66. The van der Waals surface area contributed by atoms with Gasteiger partial charge in [-0.1, -0.05) is 50.8 Å². The van der Waals surface area contributed by atoms with Crippen LogP contribution < -0.4 is 0 Å². The van der Waals surface area contributed by atoms with E-state index in [4.69, 9.17) is 28.9 Å².